The summed E-state index contributed by atoms with van der Waals surface area (Å²) in [6.45, 7) is 0.215. The van der Waals surface area contributed by atoms with E-state index in [0.717, 1.165) is 11.4 Å². The van der Waals surface area contributed by atoms with Crippen LogP contribution in [-0.4, -0.2) is 43.7 Å². The summed E-state index contributed by atoms with van der Waals surface area (Å²) < 4.78 is 5.12. The highest BCUT2D eigenvalue weighted by Gasteiger charge is 2.08. The first-order valence-electron chi connectivity index (χ1n) is 5.43. The maximum absolute atomic E-state index is 11.2. The van der Waals surface area contributed by atoms with Crippen LogP contribution in [0.1, 0.15) is 0 Å². The average molecular weight is 267 g/mol. The van der Waals surface area contributed by atoms with Crippen molar-refractivity contribution in [2.24, 2.45) is 0 Å². The molecule has 0 aliphatic heterocycles. The highest BCUT2D eigenvalue weighted by molar-refractivity contribution is 7.80. The SMILES string of the molecule is CNC(=O)CN(C)C(=S)Nc1cccc(OC)c1. The maximum atomic E-state index is 11.2. The number of carbonyl (C=O) groups is 1. The summed E-state index contributed by atoms with van der Waals surface area (Å²) in [5.41, 5.74) is 0.822. The lowest BCUT2D eigenvalue weighted by atomic mass is 10.3. The molecular weight excluding hydrogens is 250 g/mol. The van der Waals surface area contributed by atoms with Gasteiger partial charge in [-0.3, -0.25) is 4.79 Å². The number of anilines is 1. The molecule has 0 aliphatic rings. The minimum atomic E-state index is -0.0905. The van der Waals surface area contributed by atoms with Crippen LogP contribution in [0.15, 0.2) is 24.3 Å². The fourth-order valence-corrected chi connectivity index (χ4v) is 1.47. The molecule has 0 unspecified atom stereocenters. The van der Waals surface area contributed by atoms with E-state index in [-0.39, 0.29) is 12.5 Å². The number of methoxy groups -OCH3 is 1. The van der Waals surface area contributed by atoms with Gasteiger partial charge in [0.05, 0.1) is 13.7 Å². The first-order valence-corrected chi connectivity index (χ1v) is 5.84. The molecule has 0 saturated carbocycles. The minimum Gasteiger partial charge on any atom is -0.497 e. The van der Waals surface area contributed by atoms with E-state index in [2.05, 4.69) is 10.6 Å². The van der Waals surface area contributed by atoms with Crippen molar-refractivity contribution in [3.05, 3.63) is 24.3 Å². The second kappa shape index (κ2) is 6.80. The molecule has 0 heterocycles. The molecule has 1 aromatic rings. The minimum absolute atomic E-state index is 0.0905. The van der Waals surface area contributed by atoms with Gasteiger partial charge in [-0.05, 0) is 24.4 Å². The number of nitrogens with one attached hydrogen (secondary N) is 2. The Morgan fingerprint density at radius 2 is 2.22 bits per heavy atom. The summed E-state index contributed by atoms with van der Waals surface area (Å²) in [6, 6.07) is 7.42. The summed E-state index contributed by atoms with van der Waals surface area (Å²) >= 11 is 5.20. The van der Waals surface area contributed by atoms with Gasteiger partial charge in [-0.2, -0.15) is 0 Å². The van der Waals surface area contributed by atoms with Crippen molar-refractivity contribution in [2.45, 2.75) is 0 Å². The molecule has 1 amide bonds. The van der Waals surface area contributed by atoms with Crippen molar-refractivity contribution in [3.63, 3.8) is 0 Å². The number of hydrogen-bond acceptors (Lipinski definition) is 3. The number of thiocarbonyl (C=S) groups is 1. The van der Waals surface area contributed by atoms with E-state index >= 15 is 0 Å². The largest absolute Gasteiger partial charge is 0.497 e. The number of carbonyl (C=O) groups excluding carboxylic acids is 1. The highest BCUT2D eigenvalue weighted by Crippen LogP contribution is 2.16. The molecule has 0 aliphatic carbocycles. The molecule has 6 heteroatoms. The first kappa shape index (κ1) is 14.2. The zero-order valence-electron chi connectivity index (χ0n) is 10.7. The number of benzene rings is 1. The van der Waals surface area contributed by atoms with Crippen LogP contribution in [0.4, 0.5) is 5.69 Å². The molecule has 0 aromatic heterocycles. The van der Waals surface area contributed by atoms with Gasteiger partial charge in [0.2, 0.25) is 5.91 Å². The van der Waals surface area contributed by atoms with Crippen LogP contribution in [0, 0.1) is 0 Å². The van der Waals surface area contributed by atoms with E-state index in [1.54, 1.807) is 26.1 Å². The zero-order valence-corrected chi connectivity index (χ0v) is 11.5. The van der Waals surface area contributed by atoms with Gasteiger partial charge in [-0.25, -0.2) is 0 Å². The van der Waals surface area contributed by atoms with E-state index in [4.69, 9.17) is 17.0 Å². The lowest BCUT2D eigenvalue weighted by molar-refractivity contribution is -0.120. The molecule has 0 spiro atoms. The topological polar surface area (TPSA) is 53.6 Å². The molecule has 0 atom stereocenters. The Morgan fingerprint density at radius 3 is 2.83 bits per heavy atom. The lowest BCUT2D eigenvalue weighted by Gasteiger charge is -2.20. The van der Waals surface area contributed by atoms with Crippen molar-refractivity contribution in [2.75, 3.05) is 33.1 Å². The molecule has 0 saturated heterocycles. The van der Waals surface area contributed by atoms with Gasteiger partial charge in [-0.15, -0.1) is 0 Å². The van der Waals surface area contributed by atoms with Crippen molar-refractivity contribution >= 4 is 28.9 Å². The number of likely N-dealkylation sites (N-methyl/N-ethyl adjacent to an activating group) is 2. The van der Waals surface area contributed by atoms with Crippen molar-refractivity contribution in [1.82, 2.24) is 10.2 Å². The Morgan fingerprint density at radius 1 is 1.50 bits per heavy atom. The molecule has 0 bridgehead atoms. The molecule has 1 aromatic carbocycles. The third-order valence-corrected chi connectivity index (χ3v) is 2.74. The third kappa shape index (κ3) is 4.21. The summed E-state index contributed by atoms with van der Waals surface area (Å²) in [5.74, 6) is 0.657. The summed E-state index contributed by atoms with van der Waals surface area (Å²) in [6.07, 6.45) is 0. The smallest absolute Gasteiger partial charge is 0.239 e. The summed E-state index contributed by atoms with van der Waals surface area (Å²) in [7, 11) is 4.95. The molecule has 5 nitrogen and oxygen atoms in total. The summed E-state index contributed by atoms with van der Waals surface area (Å²) in [4.78, 5) is 12.9. The lowest BCUT2D eigenvalue weighted by Crippen LogP contribution is -2.39. The van der Waals surface area contributed by atoms with Crippen LogP contribution < -0.4 is 15.4 Å². The monoisotopic (exact) mass is 267 g/mol. The molecule has 18 heavy (non-hydrogen) atoms. The first-order chi connectivity index (χ1) is 8.56. The Kier molecular flexibility index (Phi) is 5.38. The Bertz CT molecular complexity index is 437. The van der Waals surface area contributed by atoms with Gasteiger partial charge < -0.3 is 20.3 Å². The normalized spacial score (nSPS) is 9.50. The maximum Gasteiger partial charge on any atom is 0.239 e. The highest BCUT2D eigenvalue weighted by atomic mass is 32.1. The third-order valence-electron chi connectivity index (χ3n) is 2.33. The predicted molar refractivity (Wildman–Crippen MR) is 75.9 cm³/mol. The molecule has 0 fully saturated rings. The average Bonchev–Trinajstić information content (AvgIpc) is 2.38. The van der Waals surface area contributed by atoms with Crippen molar-refractivity contribution in [3.8, 4) is 5.75 Å². The van der Waals surface area contributed by atoms with E-state index < -0.39 is 0 Å². The van der Waals surface area contributed by atoms with E-state index in [1.165, 1.54) is 0 Å². The molecule has 98 valence electrons. The number of ether oxygens (including phenoxy) is 1. The number of hydrogen-bond donors (Lipinski definition) is 2. The van der Waals surface area contributed by atoms with Gasteiger partial charge >= 0.3 is 0 Å². The van der Waals surface area contributed by atoms with Crippen LogP contribution >= 0.6 is 12.2 Å². The van der Waals surface area contributed by atoms with Gasteiger partial charge in [0.1, 0.15) is 5.75 Å². The Balaban J connectivity index is 2.60. The van der Waals surface area contributed by atoms with E-state index in [9.17, 15) is 4.79 Å². The van der Waals surface area contributed by atoms with Crippen LogP contribution in [0.3, 0.4) is 0 Å². The van der Waals surface area contributed by atoms with Gasteiger partial charge in [0.15, 0.2) is 5.11 Å². The number of rotatable bonds is 4. The molecular formula is C12H17N3O2S. The van der Waals surface area contributed by atoms with Gasteiger partial charge in [0, 0.05) is 25.8 Å². The van der Waals surface area contributed by atoms with Crippen molar-refractivity contribution < 1.29 is 9.53 Å². The Labute approximate surface area is 112 Å². The molecule has 2 N–H and O–H groups in total. The quantitative estimate of drug-likeness (QED) is 0.799. The van der Waals surface area contributed by atoms with E-state index in [1.807, 2.05) is 24.3 Å². The van der Waals surface area contributed by atoms with Gasteiger partial charge in [0.25, 0.3) is 0 Å². The van der Waals surface area contributed by atoms with Crippen LogP contribution in [0.2, 0.25) is 0 Å². The Hall–Kier alpha value is -1.82. The second-order valence-electron chi connectivity index (χ2n) is 3.69. The van der Waals surface area contributed by atoms with Gasteiger partial charge in [-0.1, -0.05) is 6.07 Å². The number of amides is 1. The fourth-order valence-electron chi connectivity index (χ4n) is 1.29. The van der Waals surface area contributed by atoms with Crippen LogP contribution in [-0.2, 0) is 4.79 Å². The standard InChI is InChI=1S/C12H17N3O2S/c1-13-11(16)8-15(2)12(18)14-9-5-4-6-10(7-9)17-3/h4-7H,8H2,1-3H3,(H,13,16)(H,14,18). The summed E-state index contributed by atoms with van der Waals surface area (Å²) in [5, 5.41) is 6.07. The van der Waals surface area contributed by atoms with E-state index in [0.29, 0.717) is 5.11 Å². The fraction of sp³-hybridized carbons (Fsp3) is 0.333. The molecule has 1 rings (SSSR count). The number of nitrogens with zero attached hydrogens (tertiary/aromatic N) is 1. The zero-order chi connectivity index (χ0) is 13.5. The van der Waals surface area contributed by atoms with Crippen molar-refractivity contribution in [1.29, 1.82) is 0 Å². The van der Waals surface area contributed by atoms with Crippen LogP contribution in [0.25, 0.3) is 0 Å². The molecule has 0 radical (unpaired) electrons. The second-order valence-corrected chi connectivity index (χ2v) is 4.08. The van der Waals surface area contributed by atoms with Crippen LogP contribution in [0.5, 0.6) is 5.75 Å². The predicted octanol–water partition coefficient (Wildman–Crippen LogP) is 1.07.